The summed E-state index contributed by atoms with van der Waals surface area (Å²) in [4.78, 5) is 11.0. The van der Waals surface area contributed by atoms with Crippen LogP contribution in [0.3, 0.4) is 0 Å². The lowest BCUT2D eigenvalue weighted by Gasteiger charge is -2.08. The molecule has 0 radical (unpaired) electrons. The normalized spacial score (nSPS) is 10.9. The van der Waals surface area contributed by atoms with Gasteiger partial charge in [0.15, 0.2) is 5.69 Å². The van der Waals surface area contributed by atoms with Gasteiger partial charge in [0.2, 0.25) is 0 Å². The Hall–Kier alpha value is -1.39. The molecule has 0 aliphatic heterocycles. The molecular weight excluding hydrogens is 180 g/mol. The molecule has 0 atom stereocenters. The van der Waals surface area contributed by atoms with Gasteiger partial charge < -0.3 is 5.73 Å². The number of amides is 1. The molecule has 0 unspecified atom stereocenters. The molecule has 5 nitrogen and oxygen atoms in total. The van der Waals surface area contributed by atoms with E-state index in [1.165, 1.54) is 0 Å². The molecule has 1 aromatic rings. The van der Waals surface area contributed by atoms with Crippen molar-refractivity contribution in [3.05, 3.63) is 11.4 Å². The molecule has 0 aliphatic rings. The molecule has 0 fully saturated rings. The van der Waals surface area contributed by atoms with Crippen LogP contribution >= 0.6 is 0 Å². The third-order valence-corrected chi connectivity index (χ3v) is 2.00. The van der Waals surface area contributed by atoms with E-state index in [1.54, 1.807) is 4.68 Å². The lowest BCUT2D eigenvalue weighted by atomic mass is 10.2. The predicted octanol–water partition coefficient (Wildman–Crippen LogP) is 0.910. The average Bonchev–Trinajstić information content (AvgIpc) is 2.48. The van der Waals surface area contributed by atoms with Gasteiger partial charge in [-0.1, -0.05) is 18.6 Å². The summed E-state index contributed by atoms with van der Waals surface area (Å²) in [5.41, 5.74) is 6.35. The summed E-state index contributed by atoms with van der Waals surface area (Å²) in [5.74, 6) is -0.500. The van der Waals surface area contributed by atoms with E-state index >= 15 is 0 Å². The number of carbonyl (C=O) groups is 1. The zero-order valence-corrected chi connectivity index (χ0v) is 8.82. The van der Waals surface area contributed by atoms with Gasteiger partial charge in [-0.2, -0.15) is 0 Å². The second kappa shape index (κ2) is 4.21. The first-order valence-electron chi connectivity index (χ1n) is 4.81. The van der Waals surface area contributed by atoms with Crippen molar-refractivity contribution in [2.45, 2.75) is 39.7 Å². The molecule has 0 saturated carbocycles. The average molecular weight is 196 g/mol. The van der Waals surface area contributed by atoms with Crippen molar-refractivity contribution in [3.63, 3.8) is 0 Å². The lowest BCUT2D eigenvalue weighted by molar-refractivity contribution is 0.0994. The fourth-order valence-corrected chi connectivity index (χ4v) is 1.39. The van der Waals surface area contributed by atoms with E-state index in [4.69, 9.17) is 5.73 Å². The maximum atomic E-state index is 11.0. The standard InChI is InChI=1S/C9H16N4O/c1-4-5-7-8(9(10)14)11-12-13(7)6(2)3/h6H,4-5H2,1-3H3,(H2,10,14). The Labute approximate surface area is 83.3 Å². The monoisotopic (exact) mass is 196 g/mol. The maximum absolute atomic E-state index is 11.0. The number of nitrogens with zero attached hydrogens (tertiary/aromatic N) is 3. The van der Waals surface area contributed by atoms with Gasteiger partial charge in [0.1, 0.15) is 0 Å². The van der Waals surface area contributed by atoms with E-state index in [2.05, 4.69) is 10.3 Å². The minimum Gasteiger partial charge on any atom is -0.364 e. The van der Waals surface area contributed by atoms with Crippen molar-refractivity contribution in [2.24, 2.45) is 5.73 Å². The van der Waals surface area contributed by atoms with Crippen molar-refractivity contribution < 1.29 is 4.79 Å². The molecule has 0 bridgehead atoms. The Morgan fingerprint density at radius 2 is 2.21 bits per heavy atom. The first-order valence-corrected chi connectivity index (χ1v) is 4.81. The molecule has 0 saturated heterocycles. The van der Waals surface area contributed by atoms with Crippen LogP contribution in [0.25, 0.3) is 0 Å². The van der Waals surface area contributed by atoms with Crippen LogP contribution in [-0.4, -0.2) is 20.9 Å². The number of primary amides is 1. The highest BCUT2D eigenvalue weighted by molar-refractivity contribution is 5.91. The van der Waals surface area contributed by atoms with E-state index in [0.29, 0.717) is 5.69 Å². The van der Waals surface area contributed by atoms with Crippen LogP contribution in [0.15, 0.2) is 0 Å². The number of rotatable bonds is 4. The minimum atomic E-state index is -0.500. The van der Waals surface area contributed by atoms with E-state index in [9.17, 15) is 4.79 Å². The number of nitrogens with two attached hydrogens (primary N) is 1. The highest BCUT2D eigenvalue weighted by atomic mass is 16.1. The smallest absolute Gasteiger partial charge is 0.271 e. The van der Waals surface area contributed by atoms with Gasteiger partial charge >= 0.3 is 0 Å². The van der Waals surface area contributed by atoms with Crippen LogP contribution in [0.2, 0.25) is 0 Å². The Kier molecular flexibility index (Phi) is 3.22. The van der Waals surface area contributed by atoms with Crippen LogP contribution in [0.4, 0.5) is 0 Å². The molecule has 1 amide bonds. The van der Waals surface area contributed by atoms with Crippen molar-refractivity contribution in [3.8, 4) is 0 Å². The molecule has 78 valence electrons. The van der Waals surface area contributed by atoms with Crippen LogP contribution in [-0.2, 0) is 6.42 Å². The molecule has 2 N–H and O–H groups in total. The van der Waals surface area contributed by atoms with Crippen molar-refractivity contribution >= 4 is 5.91 Å². The SMILES string of the molecule is CCCc1c(C(N)=O)nnn1C(C)C. The fourth-order valence-electron chi connectivity index (χ4n) is 1.39. The quantitative estimate of drug-likeness (QED) is 0.777. The predicted molar refractivity (Wildman–Crippen MR) is 52.9 cm³/mol. The Morgan fingerprint density at radius 3 is 2.64 bits per heavy atom. The summed E-state index contributed by atoms with van der Waals surface area (Å²) < 4.78 is 1.75. The molecule has 1 heterocycles. The van der Waals surface area contributed by atoms with Crippen LogP contribution < -0.4 is 5.73 Å². The third-order valence-electron chi connectivity index (χ3n) is 2.00. The lowest BCUT2D eigenvalue weighted by Crippen LogP contribution is -2.16. The molecule has 5 heteroatoms. The first-order chi connectivity index (χ1) is 6.57. The fraction of sp³-hybridized carbons (Fsp3) is 0.667. The number of aromatic nitrogens is 3. The van der Waals surface area contributed by atoms with Gasteiger partial charge in [0.25, 0.3) is 5.91 Å². The summed E-state index contributed by atoms with van der Waals surface area (Å²) in [7, 11) is 0. The van der Waals surface area contributed by atoms with Crippen molar-refractivity contribution in [1.29, 1.82) is 0 Å². The summed E-state index contributed by atoms with van der Waals surface area (Å²) in [6.07, 6.45) is 1.73. The zero-order chi connectivity index (χ0) is 10.7. The second-order valence-electron chi connectivity index (χ2n) is 3.54. The summed E-state index contributed by atoms with van der Waals surface area (Å²) >= 11 is 0. The Bertz CT molecular complexity index is 330. The van der Waals surface area contributed by atoms with Crippen molar-refractivity contribution in [1.82, 2.24) is 15.0 Å². The Balaban J connectivity index is 3.13. The number of hydrogen-bond acceptors (Lipinski definition) is 3. The van der Waals surface area contributed by atoms with Gasteiger partial charge in [-0.05, 0) is 20.3 Å². The van der Waals surface area contributed by atoms with Crippen LogP contribution in [0, 0.1) is 0 Å². The van der Waals surface area contributed by atoms with Gasteiger partial charge in [-0.15, -0.1) is 5.10 Å². The number of hydrogen-bond donors (Lipinski definition) is 1. The second-order valence-corrected chi connectivity index (χ2v) is 3.54. The summed E-state index contributed by atoms with van der Waals surface area (Å²) in [6.45, 7) is 6.04. The van der Waals surface area contributed by atoms with Gasteiger partial charge in [0, 0.05) is 6.04 Å². The first kappa shape index (κ1) is 10.7. The van der Waals surface area contributed by atoms with E-state index in [0.717, 1.165) is 18.5 Å². The summed E-state index contributed by atoms with van der Waals surface area (Å²) in [5, 5.41) is 7.72. The van der Waals surface area contributed by atoms with Gasteiger partial charge in [0.05, 0.1) is 5.69 Å². The van der Waals surface area contributed by atoms with Crippen LogP contribution in [0.1, 0.15) is 49.4 Å². The van der Waals surface area contributed by atoms with Gasteiger partial charge in [-0.3, -0.25) is 4.79 Å². The third kappa shape index (κ3) is 1.92. The Morgan fingerprint density at radius 1 is 1.57 bits per heavy atom. The van der Waals surface area contributed by atoms with Gasteiger partial charge in [-0.25, -0.2) is 4.68 Å². The van der Waals surface area contributed by atoms with Crippen LogP contribution in [0.5, 0.6) is 0 Å². The molecule has 0 spiro atoms. The largest absolute Gasteiger partial charge is 0.364 e. The van der Waals surface area contributed by atoms with E-state index in [-0.39, 0.29) is 6.04 Å². The van der Waals surface area contributed by atoms with Crippen molar-refractivity contribution in [2.75, 3.05) is 0 Å². The molecule has 0 aromatic carbocycles. The highest BCUT2D eigenvalue weighted by Crippen LogP contribution is 2.13. The summed E-state index contributed by atoms with van der Waals surface area (Å²) in [6, 6.07) is 0.206. The topological polar surface area (TPSA) is 73.8 Å². The highest BCUT2D eigenvalue weighted by Gasteiger charge is 2.17. The number of carbonyl (C=O) groups excluding carboxylic acids is 1. The van der Waals surface area contributed by atoms with E-state index in [1.807, 2.05) is 20.8 Å². The maximum Gasteiger partial charge on any atom is 0.271 e. The molecule has 14 heavy (non-hydrogen) atoms. The molecule has 1 rings (SSSR count). The molecule has 0 aliphatic carbocycles. The zero-order valence-electron chi connectivity index (χ0n) is 8.82. The minimum absolute atomic E-state index is 0.206. The van der Waals surface area contributed by atoms with E-state index < -0.39 is 5.91 Å². The molecular formula is C9H16N4O. The molecule has 1 aromatic heterocycles.